The van der Waals surface area contributed by atoms with Crippen LogP contribution in [-0.2, 0) is 4.74 Å². The van der Waals surface area contributed by atoms with Crippen LogP contribution in [0.1, 0.15) is 0 Å². The molecule has 2 aromatic rings. The van der Waals surface area contributed by atoms with E-state index in [1.54, 1.807) is 14.2 Å². The van der Waals surface area contributed by atoms with Crippen molar-refractivity contribution in [2.24, 2.45) is 0 Å². The summed E-state index contributed by atoms with van der Waals surface area (Å²) in [6.07, 6.45) is 1.54. The van der Waals surface area contributed by atoms with Crippen LogP contribution in [0.5, 0.6) is 5.75 Å². The van der Waals surface area contributed by atoms with Crippen LogP contribution in [0.25, 0.3) is 10.9 Å². The molecule has 17 heavy (non-hydrogen) atoms. The molecule has 1 aromatic heterocycles. The van der Waals surface area contributed by atoms with Crippen molar-refractivity contribution in [3.8, 4) is 5.75 Å². The fourth-order valence-electron chi connectivity index (χ4n) is 1.58. The number of aromatic nitrogens is 2. The Labute approximate surface area is 99.8 Å². The van der Waals surface area contributed by atoms with E-state index in [1.165, 1.54) is 6.33 Å². The van der Waals surface area contributed by atoms with Crippen LogP contribution in [0, 0.1) is 0 Å². The number of benzene rings is 1. The summed E-state index contributed by atoms with van der Waals surface area (Å²) in [6, 6.07) is 5.73. The predicted octanol–water partition coefficient (Wildman–Crippen LogP) is 1.70. The maximum atomic E-state index is 5.16. The van der Waals surface area contributed by atoms with E-state index in [9.17, 15) is 0 Å². The molecule has 0 aliphatic carbocycles. The standard InChI is InChI=1S/C12H15N3O2/c1-16-6-5-13-12-10-4-3-9(17-2)7-11(10)14-8-15-12/h3-4,7-8H,5-6H2,1-2H3,(H,13,14,15). The van der Waals surface area contributed by atoms with Crippen molar-refractivity contribution < 1.29 is 9.47 Å². The van der Waals surface area contributed by atoms with Gasteiger partial charge in [0.05, 0.1) is 19.2 Å². The zero-order valence-corrected chi connectivity index (χ0v) is 9.93. The van der Waals surface area contributed by atoms with Crippen molar-refractivity contribution in [1.82, 2.24) is 9.97 Å². The van der Waals surface area contributed by atoms with E-state index in [0.29, 0.717) is 13.2 Å². The van der Waals surface area contributed by atoms with Crippen LogP contribution in [0.3, 0.4) is 0 Å². The van der Waals surface area contributed by atoms with E-state index in [0.717, 1.165) is 22.5 Å². The minimum Gasteiger partial charge on any atom is -0.497 e. The second kappa shape index (κ2) is 5.45. The molecule has 0 bridgehead atoms. The van der Waals surface area contributed by atoms with Gasteiger partial charge in [-0.15, -0.1) is 0 Å². The normalized spacial score (nSPS) is 10.5. The number of hydrogen-bond acceptors (Lipinski definition) is 5. The van der Waals surface area contributed by atoms with Crippen molar-refractivity contribution in [2.75, 3.05) is 32.7 Å². The number of nitrogens with one attached hydrogen (secondary N) is 1. The molecular formula is C12H15N3O2. The van der Waals surface area contributed by atoms with Crippen LogP contribution < -0.4 is 10.1 Å². The predicted molar refractivity (Wildman–Crippen MR) is 66.5 cm³/mol. The summed E-state index contributed by atoms with van der Waals surface area (Å²) in [4.78, 5) is 8.43. The molecule has 0 atom stereocenters. The van der Waals surface area contributed by atoms with Gasteiger partial charge in [0.15, 0.2) is 0 Å². The molecule has 90 valence electrons. The molecule has 0 saturated carbocycles. The molecule has 0 amide bonds. The lowest BCUT2D eigenvalue weighted by atomic mass is 10.2. The number of anilines is 1. The monoisotopic (exact) mass is 233 g/mol. The van der Waals surface area contributed by atoms with Crippen LogP contribution >= 0.6 is 0 Å². The van der Waals surface area contributed by atoms with E-state index in [4.69, 9.17) is 9.47 Å². The summed E-state index contributed by atoms with van der Waals surface area (Å²) < 4.78 is 10.1. The van der Waals surface area contributed by atoms with Gasteiger partial charge in [-0.25, -0.2) is 9.97 Å². The highest BCUT2D eigenvalue weighted by Crippen LogP contribution is 2.23. The summed E-state index contributed by atoms with van der Waals surface area (Å²) in [7, 11) is 3.31. The number of ether oxygens (including phenoxy) is 2. The molecule has 0 aliphatic heterocycles. The van der Waals surface area contributed by atoms with Gasteiger partial charge in [-0.05, 0) is 12.1 Å². The third kappa shape index (κ3) is 2.62. The Morgan fingerprint density at radius 1 is 1.24 bits per heavy atom. The largest absolute Gasteiger partial charge is 0.497 e. The summed E-state index contributed by atoms with van der Waals surface area (Å²) in [5, 5.41) is 4.19. The maximum absolute atomic E-state index is 5.16. The quantitative estimate of drug-likeness (QED) is 0.796. The van der Waals surface area contributed by atoms with Gasteiger partial charge >= 0.3 is 0 Å². The van der Waals surface area contributed by atoms with E-state index >= 15 is 0 Å². The second-order valence-electron chi connectivity index (χ2n) is 3.52. The smallest absolute Gasteiger partial charge is 0.137 e. The molecule has 0 radical (unpaired) electrons. The molecule has 1 heterocycles. The number of hydrogen-bond donors (Lipinski definition) is 1. The molecular weight excluding hydrogens is 218 g/mol. The zero-order chi connectivity index (χ0) is 12.1. The summed E-state index contributed by atoms with van der Waals surface area (Å²) in [5.41, 5.74) is 0.860. The number of fused-ring (bicyclic) bond motifs is 1. The highest BCUT2D eigenvalue weighted by molar-refractivity contribution is 5.89. The first-order chi connectivity index (χ1) is 8.35. The summed E-state index contributed by atoms with van der Waals surface area (Å²) in [5.74, 6) is 1.61. The SMILES string of the molecule is COCCNc1ncnc2cc(OC)ccc12. The zero-order valence-electron chi connectivity index (χ0n) is 9.93. The highest BCUT2D eigenvalue weighted by atomic mass is 16.5. The first-order valence-corrected chi connectivity index (χ1v) is 5.36. The molecule has 5 heteroatoms. The van der Waals surface area contributed by atoms with E-state index < -0.39 is 0 Å². The molecule has 5 nitrogen and oxygen atoms in total. The Morgan fingerprint density at radius 2 is 2.12 bits per heavy atom. The van der Waals surface area contributed by atoms with Crippen molar-refractivity contribution in [2.45, 2.75) is 0 Å². The third-order valence-electron chi connectivity index (χ3n) is 2.44. The number of rotatable bonds is 5. The van der Waals surface area contributed by atoms with Crippen molar-refractivity contribution >= 4 is 16.7 Å². The van der Waals surface area contributed by atoms with Crippen LogP contribution in [0.2, 0.25) is 0 Å². The number of methoxy groups -OCH3 is 2. The number of nitrogens with zero attached hydrogens (tertiary/aromatic N) is 2. The van der Waals surface area contributed by atoms with Gasteiger partial charge in [-0.1, -0.05) is 0 Å². The van der Waals surface area contributed by atoms with E-state index in [1.807, 2.05) is 18.2 Å². The fraction of sp³-hybridized carbons (Fsp3) is 0.333. The Balaban J connectivity index is 2.30. The molecule has 1 N–H and O–H groups in total. The Hall–Kier alpha value is -1.88. The van der Waals surface area contributed by atoms with Crippen molar-refractivity contribution in [3.05, 3.63) is 24.5 Å². The lowest BCUT2D eigenvalue weighted by Gasteiger charge is -2.08. The van der Waals surface area contributed by atoms with E-state index in [-0.39, 0.29) is 0 Å². The van der Waals surface area contributed by atoms with Gasteiger partial charge in [0.2, 0.25) is 0 Å². The molecule has 2 rings (SSSR count). The lowest BCUT2D eigenvalue weighted by Crippen LogP contribution is -2.09. The maximum Gasteiger partial charge on any atom is 0.137 e. The first-order valence-electron chi connectivity index (χ1n) is 5.36. The first kappa shape index (κ1) is 11.6. The summed E-state index contributed by atoms with van der Waals surface area (Å²) in [6.45, 7) is 1.36. The third-order valence-corrected chi connectivity index (χ3v) is 2.44. The molecule has 0 fully saturated rings. The lowest BCUT2D eigenvalue weighted by molar-refractivity contribution is 0.210. The van der Waals surface area contributed by atoms with E-state index in [2.05, 4.69) is 15.3 Å². The van der Waals surface area contributed by atoms with Crippen LogP contribution in [-0.4, -0.2) is 37.3 Å². The molecule has 0 aliphatic rings. The van der Waals surface area contributed by atoms with Gasteiger partial charge in [-0.2, -0.15) is 0 Å². The van der Waals surface area contributed by atoms with Gasteiger partial charge in [0.25, 0.3) is 0 Å². The molecule has 1 aromatic carbocycles. The summed E-state index contributed by atoms with van der Waals surface area (Å²) >= 11 is 0. The molecule has 0 unspecified atom stereocenters. The van der Waals surface area contributed by atoms with Gasteiger partial charge in [0.1, 0.15) is 17.9 Å². The van der Waals surface area contributed by atoms with Crippen molar-refractivity contribution in [3.63, 3.8) is 0 Å². The molecule has 0 saturated heterocycles. The average molecular weight is 233 g/mol. The highest BCUT2D eigenvalue weighted by Gasteiger charge is 2.03. The van der Waals surface area contributed by atoms with Gasteiger partial charge in [-0.3, -0.25) is 0 Å². The van der Waals surface area contributed by atoms with Gasteiger partial charge in [0, 0.05) is 25.1 Å². The average Bonchev–Trinajstić information content (AvgIpc) is 2.38. The topological polar surface area (TPSA) is 56.3 Å². The van der Waals surface area contributed by atoms with Crippen LogP contribution in [0.4, 0.5) is 5.82 Å². The minimum absolute atomic E-state index is 0.641. The minimum atomic E-state index is 0.641. The second-order valence-corrected chi connectivity index (χ2v) is 3.52. The van der Waals surface area contributed by atoms with Gasteiger partial charge < -0.3 is 14.8 Å². The Morgan fingerprint density at radius 3 is 2.88 bits per heavy atom. The Bertz CT molecular complexity index is 502. The molecule has 0 spiro atoms. The fourth-order valence-corrected chi connectivity index (χ4v) is 1.58. The Kier molecular flexibility index (Phi) is 3.72. The van der Waals surface area contributed by atoms with Crippen LogP contribution in [0.15, 0.2) is 24.5 Å². The van der Waals surface area contributed by atoms with Crippen molar-refractivity contribution in [1.29, 1.82) is 0 Å².